The van der Waals surface area contributed by atoms with E-state index in [0.717, 1.165) is 45.4 Å². The molecule has 3 heteroatoms. The van der Waals surface area contributed by atoms with Gasteiger partial charge in [0.15, 0.2) is 0 Å². The molecule has 2 unspecified atom stereocenters. The average molecular weight is 239 g/mol. The Bertz CT molecular complexity index is 293. The molecule has 17 heavy (non-hydrogen) atoms. The van der Waals surface area contributed by atoms with Gasteiger partial charge < -0.3 is 9.47 Å². The van der Waals surface area contributed by atoms with Crippen LogP contribution < -0.4 is 5.32 Å². The minimum Gasteiger partial charge on any atom is -0.378 e. The van der Waals surface area contributed by atoms with Gasteiger partial charge >= 0.3 is 0 Å². The van der Waals surface area contributed by atoms with E-state index in [0.29, 0.717) is 5.41 Å². The lowest BCUT2D eigenvalue weighted by molar-refractivity contribution is -0.224. The molecule has 1 N–H and O–H groups in total. The van der Waals surface area contributed by atoms with Crippen molar-refractivity contribution in [2.75, 3.05) is 19.8 Å². The van der Waals surface area contributed by atoms with E-state index in [1.165, 1.54) is 12.8 Å². The van der Waals surface area contributed by atoms with Crippen LogP contribution in [-0.4, -0.2) is 31.1 Å². The first-order chi connectivity index (χ1) is 8.04. The minimum atomic E-state index is -0.0618. The van der Waals surface area contributed by atoms with E-state index in [9.17, 15) is 0 Å². The van der Waals surface area contributed by atoms with Gasteiger partial charge in [-0.05, 0) is 37.5 Å². The van der Waals surface area contributed by atoms with Gasteiger partial charge in [-0.3, -0.25) is 5.32 Å². The SMILES string of the molecule is CC1(C)CCCC2(C1)NCCC1(CCOC1)O2. The summed E-state index contributed by atoms with van der Waals surface area (Å²) in [5.41, 5.74) is 0.371. The minimum absolute atomic E-state index is 0.0265. The first-order valence-corrected chi connectivity index (χ1v) is 7.06. The molecule has 3 aliphatic rings. The van der Waals surface area contributed by atoms with Crippen LogP contribution in [0.1, 0.15) is 52.4 Å². The van der Waals surface area contributed by atoms with Gasteiger partial charge in [0.1, 0.15) is 5.72 Å². The molecule has 2 aliphatic heterocycles. The largest absolute Gasteiger partial charge is 0.378 e. The van der Waals surface area contributed by atoms with Gasteiger partial charge in [-0.25, -0.2) is 0 Å². The fourth-order valence-electron chi connectivity index (χ4n) is 3.93. The van der Waals surface area contributed by atoms with Gasteiger partial charge in [-0.2, -0.15) is 0 Å². The molecule has 2 atom stereocenters. The number of hydrogen-bond acceptors (Lipinski definition) is 3. The van der Waals surface area contributed by atoms with Crippen LogP contribution in [-0.2, 0) is 9.47 Å². The third-order valence-corrected chi connectivity index (χ3v) is 4.71. The molecule has 3 nitrogen and oxygen atoms in total. The molecule has 0 aromatic rings. The van der Waals surface area contributed by atoms with Crippen molar-refractivity contribution in [1.29, 1.82) is 0 Å². The number of nitrogens with one attached hydrogen (secondary N) is 1. The van der Waals surface area contributed by atoms with Crippen molar-refractivity contribution in [3.05, 3.63) is 0 Å². The quantitative estimate of drug-likeness (QED) is 0.704. The average Bonchev–Trinajstić information content (AvgIpc) is 2.64. The van der Waals surface area contributed by atoms with Gasteiger partial charge in [0.2, 0.25) is 0 Å². The van der Waals surface area contributed by atoms with Crippen LogP contribution in [0.3, 0.4) is 0 Å². The second-order valence-corrected chi connectivity index (χ2v) is 6.95. The summed E-state index contributed by atoms with van der Waals surface area (Å²) < 4.78 is 12.1. The zero-order chi connectivity index (χ0) is 12.0. The lowest BCUT2D eigenvalue weighted by atomic mass is 9.72. The second kappa shape index (κ2) is 3.94. The number of ether oxygens (including phenoxy) is 2. The highest BCUT2D eigenvalue weighted by atomic mass is 16.6. The van der Waals surface area contributed by atoms with Crippen molar-refractivity contribution in [1.82, 2.24) is 5.32 Å². The molecule has 2 heterocycles. The summed E-state index contributed by atoms with van der Waals surface area (Å²) in [6, 6.07) is 0. The van der Waals surface area contributed by atoms with Crippen LogP contribution in [0.2, 0.25) is 0 Å². The highest BCUT2D eigenvalue weighted by Crippen LogP contribution is 2.46. The molecule has 3 rings (SSSR count). The standard InChI is InChI=1S/C14H25NO2/c1-12(2)4-3-5-14(10-12)15-8-6-13(17-14)7-9-16-11-13/h15H,3-11H2,1-2H3. The smallest absolute Gasteiger partial charge is 0.120 e. The molecule has 0 aromatic heterocycles. The predicted octanol–water partition coefficient (Wildman–Crippen LogP) is 2.45. The van der Waals surface area contributed by atoms with Crippen LogP contribution in [0.5, 0.6) is 0 Å². The van der Waals surface area contributed by atoms with Crippen molar-refractivity contribution in [3.63, 3.8) is 0 Å². The maximum Gasteiger partial charge on any atom is 0.120 e. The van der Waals surface area contributed by atoms with Crippen LogP contribution in [0, 0.1) is 5.41 Å². The summed E-state index contributed by atoms with van der Waals surface area (Å²) in [6.45, 7) is 7.49. The summed E-state index contributed by atoms with van der Waals surface area (Å²) in [4.78, 5) is 0. The third kappa shape index (κ3) is 2.25. The summed E-state index contributed by atoms with van der Waals surface area (Å²) in [7, 11) is 0. The number of rotatable bonds is 0. The van der Waals surface area contributed by atoms with Gasteiger partial charge in [0.25, 0.3) is 0 Å². The van der Waals surface area contributed by atoms with E-state index in [1.54, 1.807) is 0 Å². The molecule has 1 saturated carbocycles. The van der Waals surface area contributed by atoms with E-state index >= 15 is 0 Å². The van der Waals surface area contributed by atoms with Crippen molar-refractivity contribution in [3.8, 4) is 0 Å². The van der Waals surface area contributed by atoms with Crippen LogP contribution in [0.4, 0.5) is 0 Å². The maximum atomic E-state index is 6.56. The van der Waals surface area contributed by atoms with E-state index in [1.807, 2.05) is 0 Å². The molecule has 1 aliphatic carbocycles. The normalized spacial score (nSPS) is 45.5. The van der Waals surface area contributed by atoms with Crippen LogP contribution in [0.15, 0.2) is 0 Å². The lowest BCUT2D eigenvalue weighted by Crippen LogP contribution is -2.62. The fourth-order valence-corrected chi connectivity index (χ4v) is 3.93. The Kier molecular flexibility index (Phi) is 2.77. The molecular weight excluding hydrogens is 214 g/mol. The van der Waals surface area contributed by atoms with Gasteiger partial charge in [-0.1, -0.05) is 13.8 Å². The fraction of sp³-hybridized carbons (Fsp3) is 1.00. The Morgan fingerprint density at radius 2 is 1.94 bits per heavy atom. The summed E-state index contributed by atoms with van der Waals surface area (Å²) in [5.74, 6) is 0. The van der Waals surface area contributed by atoms with Gasteiger partial charge in [0, 0.05) is 19.6 Å². The summed E-state index contributed by atoms with van der Waals surface area (Å²) in [5, 5.41) is 3.66. The topological polar surface area (TPSA) is 30.5 Å². The Labute approximate surface area is 104 Å². The molecule has 0 aromatic carbocycles. The predicted molar refractivity (Wildman–Crippen MR) is 66.9 cm³/mol. The van der Waals surface area contributed by atoms with E-state index in [4.69, 9.17) is 9.47 Å². The zero-order valence-electron chi connectivity index (χ0n) is 11.2. The number of hydrogen-bond donors (Lipinski definition) is 1. The second-order valence-electron chi connectivity index (χ2n) is 6.95. The monoisotopic (exact) mass is 239 g/mol. The molecule has 98 valence electrons. The maximum absolute atomic E-state index is 6.56. The van der Waals surface area contributed by atoms with E-state index < -0.39 is 0 Å². The van der Waals surface area contributed by atoms with Crippen molar-refractivity contribution in [2.24, 2.45) is 5.41 Å². The molecule has 2 saturated heterocycles. The van der Waals surface area contributed by atoms with Crippen LogP contribution >= 0.6 is 0 Å². The van der Waals surface area contributed by atoms with Gasteiger partial charge in [0.05, 0.1) is 12.2 Å². The molecule has 2 spiro atoms. The highest BCUT2D eigenvalue weighted by molar-refractivity contribution is 4.99. The van der Waals surface area contributed by atoms with Gasteiger partial charge in [-0.15, -0.1) is 0 Å². The van der Waals surface area contributed by atoms with Crippen molar-refractivity contribution in [2.45, 2.75) is 63.7 Å². The molecule has 0 radical (unpaired) electrons. The Morgan fingerprint density at radius 1 is 1.06 bits per heavy atom. The van der Waals surface area contributed by atoms with E-state index in [2.05, 4.69) is 19.2 Å². The van der Waals surface area contributed by atoms with Crippen LogP contribution in [0.25, 0.3) is 0 Å². The Morgan fingerprint density at radius 3 is 2.65 bits per heavy atom. The summed E-state index contributed by atoms with van der Waals surface area (Å²) in [6.07, 6.45) is 7.09. The molecular formula is C14H25NO2. The lowest BCUT2D eigenvalue weighted by Gasteiger charge is -2.52. The first-order valence-electron chi connectivity index (χ1n) is 7.06. The zero-order valence-corrected chi connectivity index (χ0v) is 11.2. The van der Waals surface area contributed by atoms with Crippen molar-refractivity contribution >= 4 is 0 Å². The molecule has 3 fully saturated rings. The molecule has 0 bridgehead atoms. The Hall–Kier alpha value is -0.120. The summed E-state index contributed by atoms with van der Waals surface area (Å²) >= 11 is 0. The van der Waals surface area contributed by atoms with Crippen molar-refractivity contribution < 1.29 is 9.47 Å². The highest BCUT2D eigenvalue weighted by Gasteiger charge is 2.50. The molecule has 0 amide bonds. The first kappa shape index (κ1) is 11.9. The third-order valence-electron chi connectivity index (χ3n) is 4.71. The Balaban J connectivity index is 1.77. The van der Waals surface area contributed by atoms with E-state index in [-0.39, 0.29) is 11.3 Å².